The first-order valence-corrected chi connectivity index (χ1v) is 8.34. The number of hydrogen-bond donors (Lipinski definition) is 1. The van der Waals surface area contributed by atoms with Crippen LogP contribution in [0.3, 0.4) is 0 Å². The standard InChI is InChI=1S/C16H22N4O2S/c1-10(2)9-20-15(12-5-7-13(22-4)8-6-12)18-19-16(20)23-11(3)14(17)21/h5-8,10-11H,9H2,1-4H3,(H2,17,21)/t11-/m1/s1. The van der Waals surface area contributed by atoms with Crippen molar-refractivity contribution in [2.45, 2.75) is 37.7 Å². The van der Waals surface area contributed by atoms with Gasteiger partial charge in [0.2, 0.25) is 5.91 Å². The highest BCUT2D eigenvalue weighted by Gasteiger charge is 2.19. The van der Waals surface area contributed by atoms with E-state index in [0.29, 0.717) is 11.1 Å². The zero-order valence-electron chi connectivity index (χ0n) is 13.8. The molecule has 2 aromatic rings. The van der Waals surface area contributed by atoms with E-state index in [4.69, 9.17) is 10.5 Å². The van der Waals surface area contributed by atoms with E-state index in [-0.39, 0.29) is 11.2 Å². The molecule has 1 aromatic heterocycles. The molecule has 1 atom stereocenters. The number of hydrogen-bond acceptors (Lipinski definition) is 5. The molecule has 2 rings (SSSR count). The van der Waals surface area contributed by atoms with Crippen LogP contribution in [-0.4, -0.2) is 33.0 Å². The van der Waals surface area contributed by atoms with E-state index in [2.05, 4.69) is 24.0 Å². The van der Waals surface area contributed by atoms with Gasteiger partial charge in [-0.2, -0.15) is 0 Å². The molecule has 1 heterocycles. The van der Waals surface area contributed by atoms with Crippen molar-refractivity contribution < 1.29 is 9.53 Å². The number of aromatic nitrogens is 3. The number of methoxy groups -OCH3 is 1. The summed E-state index contributed by atoms with van der Waals surface area (Å²) in [7, 11) is 1.64. The third-order valence-electron chi connectivity index (χ3n) is 3.30. The van der Waals surface area contributed by atoms with Crippen LogP contribution in [0.5, 0.6) is 5.75 Å². The van der Waals surface area contributed by atoms with Crippen molar-refractivity contribution in [3.8, 4) is 17.1 Å². The second kappa shape index (κ2) is 7.50. The number of ether oxygens (including phenoxy) is 1. The molecule has 0 unspecified atom stereocenters. The molecule has 0 bridgehead atoms. The number of rotatable bonds is 7. The Morgan fingerprint density at radius 3 is 2.43 bits per heavy atom. The molecule has 0 radical (unpaired) electrons. The van der Waals surface area contributed by atoms with E-state index < -0.39 is 0 Å². The Balaban J connectivity index is 2.38. The van der Waals surface area contributed by atoms with Gasteiger partial charge in [-0.1, -0.05) is 25.6 Å². The minimum absolute atomic E-state index is 0.353. The minimum atomic E-state index is -0.361. The van der Waals surface area contributed by atoms with E-state index in [0.717, 1.165) is 23.7 Å². The Labute approximate surface area is 140 Å². The highest BCUT2D eigenvalue weighted by molar-refractivity contribution is 8.00. The maximum Gasteiger partial charge on any atom is 0.230 e. The van der Waals surface area contributed by atoms with Crippen molar-refractivity contribution in [3.05, 3.63) is 24.3 Å². The molecule has 1 aromatic carbocycles. The van der Waals surface area contributed by atoms with Crippen LogP contribution in [-0.2, 0) is 11.3 Å². The van der Waals surface area contributed by atoms with Crippen molar-refractivity contribution >= 4 is 17.7 Å². The lowest BCUT2D eigenvalue weighted by Crippen LogP contribution is -2.23. The largest absolute Gasteiger partial charge is 0.497 e. The number of amides is 1. The summed E-state index contributed by atoms with van der Waals surface area (Å²) in [6.45, 7) is 6.80. The van der Waals surface area contributed by atoms with Gasteiger partial charge in [0.15, 0.2) is 11.0 Å². The summed E-state index contributed by atoms with van der Waals surface area (Å²) in [5.41, 5.74) is 6.31. The fourth-order valence-electron chi connectivity index (χ4n) is 2.08. The van der Waals surface area contributed by atoms with Gasteiger partial charge in [0.1, 0.15) is 5.75 Å². The summed E-state index contributed by atoms with van der Waals surface area (Å²) in [4.78, 5) is 11.3. The third-order valence-corrected chi connectivity index (χ3v) is 4.39. The van der Waals surface area contributed by atoms with Gasteiger partial charge < -0.3 is 15.0 Å². The maximum atomic E-state index is 11.3. The summed E-state index contributed by atoms with van der Waals surface area (Å²) >= 11 is 1.33. The number of nitrogens with zero attached hydrogens (tertiary/aromatic N) is 3. The average molecular weight is 334 g/mol. The van der Waals surface area contributed by atoms with Gasteiger partial charge in [-0.3, -0.25) is 4.79 Å². The Hall–Kier alpha value is -2.02. The van der Waals surface area contributed by atoms with Gasteiger partial charge >= 0.3 is 0 Å². The van der Waals surface area contributed by atoms with Crippen molar-refractivity contribution in [1.82, 2.24) is 14.8 Å². The summed E-state index contributed by atoms with van der Waals surface area (Å²) in [5, 5.41) is 8.91. The fourth-order valence-corrected chi connectivity index (χ4v) is 2.88. The van der Waals surface area contributed by atoms with E-state index in [1.54, 1.807) is 14.0 Å². The molecule has 124 valence electrons. The quantitative estimate of drug-likeness (QED) is 0.787. The Morgan fingerprint density at radius 2 is 1.91 bits per heavy atom. The van der Waals surface area contributed by atoms with E-state index in [1.807, 2.05) is 28.8 Å². The van der Waals surface area contributed by atoms with Crippen molar-refractivity contribution in [2.75, 3.05) is 7.11 Å². The smallest absolute Gasteiger partial charge is 0.230 e. The summed E-state index contributed by atoms with van der Waals surface area (Å²) in [5.74, 6) is 1.63. The molecule has 0 saturated heterocycles. The first kappa shape index (κ1) is 17.3. The zero-order chi connectivity index (χ0) is 17.0. The molecule has 6 nitrogen and oxygen atoms in total. The van der Waals surface area contributed by atoms with Crippen LogP contribution >= 0.6 is 11.8 Å². The predicted octanol–water partition coefficient (Wildman–Crippen LogP) is 2.58. The second-order valence-corrected chi connectivity index (χ2v) is 7.01. The molecular formula is C16H22N4O2S. The van der Waals surface area contributed by atoms with Gasteiger partial charge in [-0.25, -0.2) is 0 Å². The van der Waals surface area contributed by atoms with E-state index in [1.165, 1.54) is 11.8 Å². The number of nitrogens with two attached hydrogens (primary N) is 1. The molecule has 0 saturated carbocycles. The van der Waals surface area contributed by atoms with Crippen LogP contribution in [0.2, 0.25) is 0 Å². The van der Waals surface area contributed by atoms with Gasteiger partial charge in [0, 0.05) is 12.1 Å². The molecule has 1 amide bonds. The third kappa shape index (κ3) is 4.25. The number of benzene rings is 1. The van der Waals surface area contributed by atoms with Crippen LogP contribution in [0, 0.1) is 5.92 Å². The monoisotopic (exact) mass is 334 g/mol. The lowest BCUT2D eigenvalue weighted by atomic mass is 10.2. The zero-order valence-corrected chi connectivity index (χ0v) is 14.6. The molecule has 0 spiro atoms. The number of carbonyl (C=O) groups excluding carboxylic acids is 1. The SMILES string of the molecule is COc1ccc(-c2nnc(S[C@H](C)C(N)=O)n2CC(C)C)cc1. The predicted molar refractivity (Wildman–Crippen MR) is 91.4 cm³/mol. The average Bonchev–Trinajstić information content (AvgIpc) is 2.89. The molecule has 0 aliphatic heterocycles. The Morgan fingerprint density at radius 1 is 1.26 bits per heavy atom. The Bertz CT molecular complexity index is 667. The maximum absolute atomic E-state index is 11.3. The summed E-state index contributed by atoms with van der Waals surface area (Å²) in [6.07, 6.45) is 0. The Kier molecular flexibility index (Phi) is 5.65. The topological polar surface area (TPSA) is 83.0 Å². The second-order valence-electron chi connectivity index (χ2n) is 5.70. The molecular weight excluding hydrogens is 312 g/mol. The van der Waals surface area contributed by atoms with Gasteiger partial charge in [-0.05, 0) is 37.1 Å². The van der Waals surface area contributed by atoms with Gasteiger partial charge in [0.05, 0.1) is 12.4 Å². The normalized spacial score (nSPS) is 12.4. The van der Waals surface area contributed by atoms with Crippen molar-refractivity contribution in [3.63, 3.8) is 0 Å². The summed E-state index contributed by atoms with van der Waals surface area (Å²) in [6, 6.07) is 7.68. The van der Waals surface area contributed by atoms with Crippen LogP contribution in [0.1, 0.15) is 20.8 Å². The first-order valence-electron chi connectivity index (χ1n) is 7.46. The van der Waals surface area contributed by atoms with Crippen LogP contribution < -0.4 is 10.5 Å². The van der Waals surface area contributed by atoms with Crippen LogP contribution in [0.15, 0.2) is 29.4 Å². The lowest BCUT2D eigenvalue weighted by molar-refractivity contribution is -0.117. The van der Waals surface area contributed by atoms with Gasteiger partial charge in [0.25, 0.3) is 0 Å². The molecule has 2 N–H and O–H groups in total. The first-order chi connectivity index (χ1) is 10.9. The molecule has 23 heavy (non-hydrogen) atoms. The molecule has 0 aliphatic carbocycles. The van der Waals surface area contributed by atoms with Crippen molar-refractivity contribution in [2.24, 2.45) is 11.7 Å². The summed E-state index contributed by atoms with van der Waals surface area (Å²) < 4.78 is 7.22. The lowest BCUT2D eigenvalue weighted by Gasteiger charge is -2.14. The van der Waals surface area contributed by atoms with E-state index in [9.17, 15) is 4.79 Å². The van der Waals surface area contributed by atoms with E-state index >= 15 is 0 Å². The molecule has 0 fully saturated rings. The fraction of sp³-hybridized carbons (Fsp3) is 0.438. The number of thioether (sulfide) groups is 1. The van der Waals surface area contributed by atoms with Crippen LogP contribution in [0.25, 0.3) is 11.4 Å². The highest BCUT2D eigenvalue weighted by Crippen LogP contribution is 2.28. The van der Waals surface area contributed by atoms with Crippen LogP contribution in [0.4, 0.5) is 0 Å². The number of primary amides is 1. The molecule has 7 heteroatoms. The van der Waals surface area contributed by atoms with Crippen molar-refractivity contribution in [1.29, 1.82) is 0 Å². The molecule has 0 aliphatic rings. The minimum Gasteiger partial charge on any atom is -0.497 e. The van der Waals surface area contributed by atoms with Gasteiger partial charge in [-0.15, -0.1) is 10.2 Å². The number of carbonyl (C=O) groups is 1. The highest BCUT2D eigenvalue weighted by atomic mass is 32.2.